The van der Waals surface area contributed by atoms with Crippen LogP contribution in [0.5, 0.6) is 0 Å². The van der Waals surface area contributed by atoms with E-state index in [1.54, 1.807) is 29.8 Å². The van der Waals surface area contributed by atoms with E-state index in [-0.39, 0.29) is 0 Å². The Morgan fingerprint density at radius 2 is 1.86 bits per heavy atom. The normalized spacial score (nSPS) is 12.0. The number of carbonyl (C=O) groups is 1. The second-order valence-corrected chi connectivity index (χ2v) is 8.61. The molecule has 5 heterocycles. The topological polar surface area (TPSA) is 94.9 Å². The van der Waals surface area contributed by atoms with Gasteiger partial charge in [0.2, 0.25) is 18.0 Å². The van der Waals surface area contributed by atoms with Crippen LogP contribution in [0.25, 0.3) is 28.0 Å². The van der Waals surface area contributed by atoms with Crippen LogP contribution < -0.4 is 4.90 Å². The van der Waals surface area contributed by atoms with Crippen LogP contribution in [-0.2, 0) is 18.3 Å². The first-order valence-electron chi connectivity index (χ1n) is 11.8. The number of furan rings is 1. The summed E-state index contributed by atoms with van der Waals surface area (Å²) in [6, 6.07) is 19.0. The number of rotatable bonds is 8. The Morgan fingerprint density at radius 1 is 1.00 bits per heavy atom. The molecule has 1 amide bonds. The lowest BCUT2D eigenvalue weighted by Crippen LogP contribution is -2.31. The molecule has 0 radical (unpaired) electrons. The third-order valence-corrected chi connectivity index (χ3v) is 6.40. The van der Waals surface area contributed by atoms with E-state index in [1.165, 1.54) is 0 Å². The van der Waals surface area contributed by atoms with Crippen LogP contribution >= 0.6 is 0 Å². The first kappa shape index (κ1) is 22.4. The van der Waals surface area contributed by atoms with E-state index in [0.29, 0.717) is 23.8 Å². The Balaban J connectivity index is 1.39. The molecule has 0 bridgehead atoms. The molecule has 0 aliphatic rings. The number of benzene rings is 1. The molecule has 9 nitrogen and oxygen atoms in total. The molecule has 1 atom stereocenters. The maximum atomic E-state index is 12.5. The molecule has 0 fully saturated rings. The highest BCUT2D eigenvalue weighted by Crippen LogP contribution is 2.33. The molecule has 0 N–H and O–H groups in total. The number of hydrogen-bond donors (Lipinski definition) is 0. The van der Waals surface area contributed by atoms with Crippen LogP contribution in [-0.4, -0.2) is 35.5 Å². The smallest absolute Gasteiger partial charge is 0.228 e. The molecule has 5 aromatic heterocycles. The van der Waals surface area contributed by atoms with E-state index in [9.17, 15) is 4.79 Å². The molecule has 6 aromatic rings. The number of nitrogens with zero attached hydrogens (tertiary/aromatic N) is 7. The monoisotopic (exact) mass is 489 g/mol. The molecule has 0 aliphatic heterocycles. The van der Waals surface area contributed by atoms with Gasteiger partial charge in [-0.05, 0) is 42.0 Å². The van der Waals surface area contributed by atoms with Gasteiger partial charge < -0.3 is 13.6 Å². The average molecular weight is 490 g/mol. The third-order valence-electron chi connectivity index (χ3n) is 6.40. The summed E-state index contributed by atoms with van der Waals surface area (Å²) in [6.07, 6.45) is 11.9. The molecule has 1 aromatic carbocycles. The zero-order chi connectivity index (χ0) is 25.2. The fourth-order valence-corrected chi connectivity index (χ4v) is 4.51. The first-order chi connectivity index (χ1) is 18.2. The third kappa shape index (κ3) is 4.27. The Labute approximate surface area is 212 Å². The van der Waals surface area contributed by atoms with Crippen molar-refractivity contribution in [3.63, 3.8) is 0 Å². The lowest BCUT2D eigenvalue weighted by Gasteiger charge is -2.26. The molecule has 182 valence electrons. The Hall–Kier alpha value is -5.05. The summed E-state index contributed by atoms with van der Waals surface area (Å²) in [5, 5.41) is 0.819. The zero-order valence-electron chi connectivity index (χ0n) is 20.0. The number of hydrogen-bond acceptors (Lipinski definition) is 6. The maximum absolute atomic E-state index is 12.5. The Bertz CT molecular complexity index is 1600. The standard InChI is InChI=1S/C28H23N7O2/c1-33-25(20-7-9-23(10-8-20)34-14-13-29-18-34)17-32-27(33)24(16-22-6-2-3-11-30-22)35(19-36)26-15-21-5-4-12-31-28(21)37-26/h2-15,17-19,24H,16H2,1H3. The number of carbonyl (C=O) groups excluding carboxylic acids is 1. The van der Waals surface area contributed by atoms with Crippen molar-refractivity contribution in [2.24, 2.45) is 7.05 Å². The van der Waals surface area contributed by atoms with Crippen molar-refractivity contribution in [1.82, 2.24) is 29.1 Å². The van der Waals surface area contributed by atoms with Crippen LogP contribution in [0.1, 0.15) is 17.6 Å². The second-order valence-electron chi connectivity index (χ2n) is 8.61. The van der Waals surface area contributed by atoms with Gasteiger partial charge in [-0.25, -0.2) is 15.0 Å². The summed E-state index contributed by atoms with van der Waals surface area (Å²) in [7, 11) is 1.95. The number of fused-ring (bicyclic) bond motifs is 1. The van der Waals surface area contributed by atoms with Gasteiger partial charge in [-0.2, -0.15) is 0 Å². The largest absolute Gasteiger partial charge is 0.422 e. The predicted octanol–water partition coefficient (Wildman–Crippen LogP) is 4.76. The molecule has 6 rings (SSSR count). The van der Waals surface area contributed by atoms with Crippen molar-refractivity contribution in [3.8, 4) is 16.9 Å². The van der Waals surface area contributed by atoms with Crippen LogP contribution in [0.3, 0.4) is 0 Å². The van der Waals surface area contributed by atoms with E-state index in [2.05, 4.69) is 15.0 Å². The molecule has 9 heteroatoms. The maximum Gasteiger partial charge on any atom is 0.228 e. The van der Waals surface area contributed by atoms with Gasteiger partial charge >= 0.3 is 0 Å². The first-order valence-corrected chi connectivity index (χ1v) is 11.8. The minimum atomic E-state index is -0.461. The van der Waals surface area contributed by atoms with Gasteiger partial charge in [-0.1, -0.05) is 18.2 Å². The summed E-state index contributed by atoms with van der Waals surface area (Å²) in [5.74, 6) is 1.11. The van der Waals surface area contributed by atoms with Gasteiger partial charge in [0.1, 0.15) is 11.9 Å². The van der Waals surface area contributed by atoms with E-state index < -0.39 is 6.04 Å². The van der Waals surface area contributed by atoms with Gasteiger partial charge in [0.05, 0.1) is 18.2 Å². The van der Waals surface area contributed by atoms with Crippen molar-refractivity contribution in [2.45, 2.75) is 12.5 Å². The molecule has 37 heavy (non-hydrogen) atoms. The van der Waals surface area contributed by atoms with Crippen molar-refractivity contribution in [3.05, 3.63) is 109 Å². The average Bonchev–Trinajstić information content (AvgIpc) is 3.69. The SMILES string of the molecule is Cn1c(-c2ccc(-n3ccnc3)cc2)cnc1C(Cc1ccccn1)N(C=O)c1cc2cccnc2o1. The molecule has 0 aliphatic carbocycles. The van der Waals surface area contributed by atoms with Crippen LogP contribution in [0.15, 0.2) is 102 Å². The Kier molecular flexibility index (Phi) is 5.78. The van der Waals surface area contributed by atoms with Crippen molar-refractivity contribution in [1.29, 1.82) is 0 Å². The molecular formula is C28H23N7O2. The molecule has 0 saturated heterocycles. The van der Waals surface area contributed by atoms with Crippen LogP contribution in [0, 0.1) is 0 Å². The van der Waals surface area contributed by atoms with Crippen LogP contribution in [0.2, 0.25) is 0 Å². The van der Waals surface area contributed by atoms with E-state index >= 15 is 0 Å². The number of anilines is 1. The summed E-state index contributed by atoms with van der Waals surface area (Å²) in [5.41, 5.74) is 4.26. The predicted molar refractivity (Wildman–Crippen MR) is 139 cm³/mol. The zero-order valence-corrected chi connectivity index (χ0v) is 20.0. The van der Waals surface area contributed by atoms with Gasteiger partial charge in [0.15, 0.2) is 0 Å². The molecular weight excluding hydrogens is 466 g/mol. The highest BCUT2D eigenvalue weighted by atomic mass is 16.4. The van der Waals surface area contributed by atoms with Gasteiger partial charge in [-0.15, -0.1) is 0 Å². The minimum absolute atomic E-state index is 0.402. The van der Waals surface area contributed by atoms with Crippen molar-refractivity contribution >= 4 is 23.4 Å². The highest BCUT2D eigenvalue weighted by molar-refractivity contribution is 5.83. The quantitative estimate of drug-likeness (QED) is 0.286. The van der Waals surface area contributed by atoms with Crippen molar-refractivity contribution in [2.75, 3.05) is 4.90 Å². The lowest BCUT2D eigenvalue weighted by atomic mass is 10.1. The summed E-state index contributed by atoms with van der Waals surface area (Å²) >= 11 is 0. The molecule has 0 spiro atoms. The number of imidazole rings is 2. The van der Waals surface area contributed by atoms with E-state index in [1.807, 2.05) is 89.2 Å². The number of pyridine rings is 2. The fraction of sp³-hybridized carbons (Fsp3) is 0.107. The number of amides is 1. The summed E-state index contributed by atoms with van der Waals surface area (Å²) in [6.45, 7) is 0. The van der Waals surface area contributed by atoms with Crippen LogP contribution in [0.4, 0.5) is 5.88 Å². The summed E-state index contributed by atoms with van der Waals surface area (Å²) < 4.78 is 9.92. The Morgan fingerprint density at radius 3 is 2.59 bits per heavy atom. The van der Waals surface area contributed by atoms with E-state index in [4.69, 9.17) is 9.40 Å². The molecule has 0 saturated carbocycles. The van der Waals surface area contributed by atoms with Gasteiger partial charge in [0.25, 0.3) is 0 Å². The van der Waals surface area contributed by atoms with Crippen molar-refractivity contribution < 1.29 is 9.21 Å². The minimum Gasteiger partial charge on any atom is -0.422 e. The van der Waals surface area contributed by atoms with E-state index in [0.717, 1.165) is 34.4 Å². The van der Waals surface area contributed by atoms with Gasteiger partial charge in [-0.3, -0.25) is 14.7 Å². The highest BCUT2D eigenvalue weighted by Gasteiger charge is 2.29. The lowest BCUT2D eigenvalue weighted by molar-refractivity contribution is -0.108. The number of aromatic nitrogens is 6. The fourth-order valence-electron chi connectivity index (χ4n) is 4.51. The second kappa shape index (κ2) is 9.54. The molecule has 1 unspecified atom stereocenters. The van der Waals surface area contributed by atoms with Gasteiger partial charge in [0, 0.05) is 61.1 Å². The summed E-state index contributed by atoms with van der Waals surface area (Å²) in [4.78, 5) is 31.7.